The molecule has 0 fully saturated rings. The van der Waals surface area contributed by atoms with Gasteiger partial charge >= 0.3 is 57.4 Å². The van der Waals surface area contributed by atoms with E-state index in [2.05, 4.69) is 10.6 Å². The number of benzene rings is 1. The molecule has 0 aromatic heterocycles. The molecule has 0 radical (unpaired) electrons. The van der Waals surface area contributed by atoms with Crippen molar-refractivity contribution >= 4 is 96.9 Å². The monoisotopic (exact) mass is 654 g/mol. The summed E-state index contributed by atoms with van der Waals surface area (Å²) < 4.78 is 1.44. The van der Waals surface area contributed by atoms with Crippen LogP contribution in [-0.4, -0.2) is 22.9 Å². The molecule has 1 rings (SSSR count). The average molecular weight is 654 g/mol. The fourth-order valence-electron chi connectivity index (χ4n) is 1.42. The minimum absolute atomic E-state index is 0. The molecule has 0 heterocycles. The predicted molar refractivity (Wildman–Crippen MR) is 101 cm³/mol. The Balaban J connectivity index is 0. The van der Waals surface area contributed by atoms with Gasteiger partial charge in [-0.25, -0.2) is 4.79 Å². The van der Waals surface area contributed by atoms with Crippen LogP contribution in [0.4, 0.5) is 11.4 Å². The molecule has 0 atom stereocenters. The maximum Gasteiger partial charge on any atom is 1.00 e. The van der Waals surface area contributed by atoms with Crippen molar-refractivity contribution in [2.24, 2.45) is 0 Å². The second-order valence-electron chi connectivity index (χ2n) is 3.73. The van der Waals surface area contributed by atoms with Gasteiger partial charge in [-0.1, -0.05) is 0 Å². The molecule has 0 aliphatic heterocycles. The first-order chi connectivity index (χ1) is 9.16. The Morgan fingerprint density at radius 1 is 0.905 bits per heavy atom. The molecular weight excluding hydrogens is 644 g/mol. The number of carboxylic acid groups (broad SMARTS) is 1. The molecule has 3 N–H and O–H groups in total. The van der Waals surface area contributed by atoms with Gasteiger partial charge in [0.2, 0.25) is 11.8 Å². The molecule has 0 saturated heterocycles. The molecule has 0 bridgehead atoms. The Labute approximate surface area is 206 Å². The Bertz CT molecular complexity index is 585. The zero-order valence-corrected chi connectivity index (χ0v) is 20.9. The molecule has 110 valence electrons. The van der Waals surface area contributed by atoms with E-state index in [0.717, 1.165) is 0 Å². The Morgan fingerprint density at radius 3 is 1.48 bits per heavy atom. The van der Waals surface area contributed by atoms with Crippen LogP contribution >= 0.6 is 67.8 Å². The molecule has 6 nitrogen and oxygen atoms in total. The molecule has 2 amide bonds. The normalized spacial score (nSPS) is 9.57. The Hall–Kier alpha value is 1.46. The summed E-state index contributed by atoms with van der Waals surface area (Å²) in [4.78, 5) is 33.9. The van der Waals surface area contributed by atoms with E-state index >= 15 is 0 Å². The van der Waals surface area contributed by atoms with Crippen LogP contribution in [0.2, 0.25) is 0 Å². The van der Waals surface area contributed by atoms with Crippen molar-refractivity contribution in [2.75, 3.05) is 10.6 Å². The van der Waals surface area contributed by atoms with E-state index in [1.807, 2.05) is 67.8 Å². The summed E-state index contributed by atoms with van der Waals surface area (Å²) in [6.07, 6.45) is 0. The quantitative estimate of drug-likeness (QED) is 0.322. The van der Waals surface area contributed by atoms with Gasteiger partial charge in [-0.2, -0.15) is 0 Å². The fraction of sp³-hybridized carbons (Fsp3) is 0.182. The minimum atomic E-state index is -1.12. The first-order valence-corrected chi connectivity index (χ1v) is 8.39. The van der Waals surface area contributed by atoms with Crippen molar-refractivity contribution in [1.29, 1.82) is 0 Å². The van der Waals surface area contributed by atoms with E-state index in [1.54, 1.807) is 0 Å². The molecule has 0 aliphatic carbocycles. The van der Waals surface area contributed by atoms with Crippen molar-refractivity contribution in [1.82, 2.24) is 0 Å². The number of carboxylic acids is 1. The third-order valence-electron chi connectivity index (χ3n) is 2.13. The first-order valence-electron chi connectivity index (χ1n) is 5.15. The smallest absolute Gasteiger partial charge is 1.00 e. The van der Waals surface area contributed by atoms with Gasteiger partial charge in [-0.3, -0.25) is 9.59 Å². The Morgan fingerprint density at radius 2 is 1.24 bits per heavy atom. The molecule has 0 saturated carbocycles. The number of nitrogens with one attached hydrogen (secondary N) is 2. The minimum Gasteiger partial charge on any atom is -1.00 e. The van der Waals surface area contributed by atoms with Crippen LogP contribution in [0.25, 0.3) is 0 Å². The van der Waals surface area contributed by atoms with E-state index in [0.29, 0.717) is 22.1 Å². The topological polar surface area (TPSA) is 95.5 Å². The van der Waals surface area contributed by atoms with Gasteiger partial charge in [0.1, 0.15) is 0 Å². The molecule has 1 aromatic carbocycles. The van der Waals surface area contributed by atoms with Gasteiger partial charge in [-0.05, 0) is 67.8 Å². The van der Waals surface area contributed by atoms with Gasteiger partial charge in [-0.15, -0.1) is 0 Å². The average Bonchev–Trinajstić information content (AvgIpc) is 2.29. The van der Waals surface area contributed by atoms with E-state index in [-0.39, 0.29) is 70.2 Å². The number of carbonyl (C=O) groups excluding carboxylic acids is 2. The predicted octanol–water partition coefficient (Wildman–Crippen LogP) is 0.232. The number of hydrogen-bond donors (Lipinski definition) is 3. The molecule has 10 heteroatoms. The standard InChI is InChI=1S/C11H9I3N2O4.K.H/c1-3(17)15-9-6(12)5(11(19)20)7(13)10(8(9)14)16-4(2)18;;/h1-2H3,(H,15,17)(H,16,18)(H,19,20);;/q;+1;-1. The molecule has 21 heavy (non-hydrogen) atoms. The molecule has 1 aromatic rings. The van der Waals surface area contributed by atoms with Gasteiger partial charge in [0.25, 0.3) is 0 Å². The van der Waals surface area contributed by atoms with Crippen molar-refractivity contribution in [2.45, 2.75) is 13.8 Å². The van der Waals surface area contributed by atoms with Crippen LogP contribution < -0.4 is 62.0 Å². The number of hydrogen-bond acceptors (Lipinski definition) is 3. The summed E-state index contributed by atoms with van der Waals surface area (Å²) in [5.41, 5.74) is 0.833. The van der Waals surface area contributed by atoms with Crippen LogP contribution in [0.3, 0.4) is 0 Å². The first kappa shape index (κ1) is 22.5. The van der Waals surface area contributed by atoms with Gasteiger partial charge in [0, 0.05) is 13.8 Å². The second kappa shape index (κ2) is 9.68. The number of anilines is 2. The maximum absolute atomic E-state index is 11.4. The summed E-state index contributed by atoms with van der Waals surface area (Å²) >= 11 is 5.71. The summed E-state index contributed by atoms with van der Waals surface area (Å²) in [5, 5.41) is 14.5. The fourth-order valence-corrected chi connectivity index (χ4v) is 5.59. The van der Waals surface area contributed by atoms with E-state index < -0.39 is 5.97 Å². The zero-order chi connectivity index (χ0) is 15.6. The van der Waals surface area contributed by atoms with Crippen molar-refractivity contribution in [3.8, 4) is 0 Å². The maximum atomic E-state index is 11.4. The number of carbonyl (C=O) groups is 3. The third-order valence-corrected chi connectivity index (χ3v) is 5.37. The zero-order valence-electron chi connectivity index (χ0n) is 12.3. The van der Waals surface area contributed by atoms with Crippen LogP contribution in [-0.2, 0) is 9.59 Å². The summed E-state index contributed by atoms with van der Waals surface area (Å²) in [5.74, 6) is -1.74. The molecule has 0 unspecified atom stereocenters. The van der Waals surface area contributed by atoms with Crippen LogP contribution in [0.5, 0.6) is 0 Å². The molecular formula is C11H10I3KN2O4. The number of halogens is 3. The largest absolute Gasteiger partial charge is 1.00 e. The van der Waals surface area contributed by atoms with Gasteiger partial charge in [0.05, 0.1) is 27.6 Å². The third kappa shape index (κ3) is 5.79. The van der Waals surface area contributed by atoms with Crippen LogP contribution in [0.15, 0.2) is 0 Å². The number of rotatable bonds is 3. The summed E-state index contributed by atoms with van der Waals surface area (Å²) in [6, 6.07) is 0. The van der Waals surface area contributed by atoms with Crippen molar-refractivity contribution in [3.05, 3.63) is 16.3 Å². The van der Waals surface area contributed by atoms with Crippen molar-refractivity contribution in [3.63, 3.8) is 0 Å². The van der Waals surface area contributed by atoms with E-state index in [4.69, 9.17) is 0 Å². The number of aromatic carboxylic acids is 1. The summed E-state index contributed by atoms with van der Waals surface area (Å²) in [7, 11) is 0. The van der Waals surface area contributed by atoms with Gasteiger partial charge in [0.15, 0.2) is 0 Å². The van der Waals surface area contributed by atoms with E-state index in [1.165, 1.54) is 13.8 Å². The molecule has 0 spiro atoms. The van der Waals surface area contributed by atoms with Gasteiger partial charge < -0.3 is 17.2 Å². The van der Waals surface area contributed by atoms with E-state index in [9.17, 15) is 19.5 Å². The van der Waals surface area contributed by atoms with Crippen LogP contribution in [0.1, 0.15) is 25.6 Å². The van der Waals surface area contributed by atoms with Crippen molar-refractivity contribution < 1.29 is 72.3 Å². The Kier molecular flexibility index (Phi) is 10.4. The number of amides is 2. The van der Waals surface area contributed by atoms with Crippen LogP contribution in [0, 0.1) is 10.7 Å². The summed E-state index contributed by atoms with van der Waals surface area (Å²) in [6.45, 7) is 2.67. The second-order valence-corrected chi connectivity index (χ2v) is 6.97. The molecule has 0 aliphatic rings. The SMILES string of the molecule is CC(=O)Nc1c(I)c(NC(C)=O)c(I)c(C(=O)O)c1I.[H-].[K+].